The monoisotopic (exact) mass is 166 g/mol. The predicted octanol–water partition coefficient (Wildman–Crippen LogP) is 4.17. The van der Waals surface area contributed by atoms with Gasteiger partial charge < -0.3 is 0 Å². The summed E-state index contributed by atoms with van der Waals surface area (Å²) >= 11 is 0. The lowest BCUT2D eigenvalue weighted by atomic mass is 9.87. The van der Waals surface area contributed by atoms with Gasteiger partial charge in [0.05, 0.1) is 0 Å². The van der Waals surface area contributed by atoms with Gasteiger partial charge in [0.25, 0.3) is 0 Å². The van der Waals surface area contributed by atoms with Crippen LogP contribution in [-0.2, 0) is 0 Å². The molecule has 0 aromatic rings. The largest absolute Gasteiger partial charge is 0.0883 e. The van der Waals surface area contributed by atoms with E-state index < -0.39 is 0 Å². The molecule has 0 aromatic heterocycles. The summed E-state index contributed by atoms with van der Waals surface area (Å²) in [6, 6.07) is 0. The van der Waals surface area contributed by atoms with Crippen LogP contribution in [0.25, 0.3) is 0 Å². The second-order valence-corrected chi connectivity index (χ2v) is 4.09. The Hall–Kier alpha value is -0.260. The van der Waals surface area contributed by atoms with E-state index >= 15 is 0 Å². The lowest BCUT2D eigenvalue weighted by molar-refractivity contribution is 0.367. The fourth-order valence-electron chi connectivity index (χ4n) is 2.15. The van der Waals surface area contributed by atoms with E-state index in [9.17, 15) is 0 Å². The van der Waals surface area contributed by atoms with Gasteiger partial charge in [0.2, 0.25) is 0 Å². The molecule has 0 aromatic carbocycles. The standard InChI is InChI=1S/C12H22/c1-3-12-10-8-6-4-5-7-9-11(12)2/h7,9,11-12H,3-6,8,10H2,1-2H3/b9-7-. The summed E-state index contributed by atoms with van der Waals surface area (Å²) in [5, 5.41) is 0. The third-order valence-electron chi connectivity index (χ3n) is 3.15. The smallest absolute Gasteiger partial charge is 0.0234 e. The van der Waals surface area contributed by atoms with Crippen molar-refractivity contribution < 1.29 is 0 Å². The average molecular weight is 166 g/mol. The molecular formula is C12H22. The summed E-state index contributed by atoms with van der Waals surface area (Å²) in [5.74, 6) is 1.76. The quantitative estimate of drug-likeness (QED) is 0.513. The second kappa shape index (κ2) is 5.40. The minimum atomic E-state index is 0.813. The van der Waals surface area contributed by atoms with Gasteiger partial charge in [-0.15, -0.1) is 0 Å². The molecule has 1 rings (SSSR count). The minimum absolute atomic E-state index is 0.813. The van der Waals surface area contributed by atoms with Crippen LogP contribution in [0.5, 0.6) is 0 Å². The van der Waals surface area contributed by atoms with E-state index in [1.165, 1.54) is 38.5 Å². The van der Waals surface area contributed by atoms with Gasteiger partial charge in [0.15, 0.2) is 0 Å². The summed E-state index contributed by atoms with van der Waals surface area (Å²) in [5.41, 5.74) is 0. The van der Waals surface area contributed by atoms with Crippen molar-refractivity contribution in [1.82, 2.24) is 0 Å². The molecule has 70 valence electrons. The summed E-state index contributed by atoms with van der Waals surface area (Å²) in [7, 11) is 0. The van der Waals surface area contributed by atoms with E-state index in [1.807, 2.05) is 0 Å². The van der Waals surface area contributed by atoms with Crippen molar-refractivity contribution in [3.05, 3.63) is 12.2 Å². The van der Waals surface area contributed by atoms with Crippen molar-refractivity contribution in [3.63, 3.8) is 0 Å². The highest BCUT2D eigenvalue weighted by atomic mass is 14.2. The van der Waals surface area contributed by atoms with Gasteiger partial charge in [-0.3, -0.25) is 0 Å². The highest BCUT2D eigenvalue weighted by molar-refractivity contribution is 4.90. The molecule has 2 atom stereocenters. The molecule has 1 aliphatic carbocycles. The fraction of sp³-hybridized carbons (Fsp3) is 0.833. The lowest BCUT2D eigenvalue weighted by Gasteiger charge is -2.18. The molecule has 0 fully saturated rings. The maximum absolute atomic E-state index is 2.43. The third kappa shape index (κ3) is 3.00. The molecule has 0 saturated heterocycles. The van der Waals surface area contributed by atoms with Crippen LogP contribution in [0.3, 0.4) is 0 Å². The molecule has 2 unspecified atom stereocenters. The Kier molecular flexibility index (Phi) is 4.42. The van der Waals surface area contributed by atoms with Crippen LogP contribution in [-0.4, -0.2) is 0 Å². The maximum atomic E-state index is 2.43. The Morgan fingerprint density at radius 1 is 1.25 bits per heavy atom. The van der Waals surface area contributed by atoms with Crippen LogP contribution < -0.4 is 0 Å². The summed E-state index contributed by atoms with van der Waals surface area (Å²) in [6.07, 6.45) is 13.2. The van der Waals surface area contributed by atoms with E-state index in [4.69, 9.17) is 0 Å². The third-order valence-corrected chi connectivity index (χ3v) is 3.15. The van der Waals surface area contributed by atoms with Crippen molar-refractivity contribution >= 4 is 0 Å². The normalized spacial score (nSPS) is 34.8. The first-order valence-electron chi connectivity index (χ1n) is 5.51. The van der Waals surface area contributed by atoms with Crippen LogP contribution in [0, 0.1) is 11.8 Å². The number of allylic oxidation sites excluding steroid dienone is 2. The van der Waals surface area contributed by atoms with Gasteiger partial charge in [-0.05, 0) is 31.1 Å². The van der Waals surface area contributed by atoms with Gasteiger partial charge in [0, 0.05) is 0 Å². The van der Waals surface area contributed by atoms with E-state index in [-0.39, 0.29) is 0 Å². The number of rotatable bonds is 1. The van der Waals surface area contributed by atoms with E-state index in [0.717, 1.165) is 11.8 Å². The average Bonchev–Trinajstić information content (AvgIpc) is 2.17. The Morgan fingerprint density at radius 3 is 2.83 bits per heavy atom. The van der Waals surface area contributed by atoms with Crippen molar-refractivity contribution in [2.45, 2.75) is 52.4 Å². The van der Waals surface area contributed by atoms with Crippen molar-refractivity contribution in [1.29, 1.82) is 0 Å². The molecule has 12 heavy (non-hydrogen) atoms. The molecule has 0 nitrogen and oxygen atoms in total. The van der Waals surface area contributed by atoms with Crippen LogP contribution in [0.1, 0.15) is 52.4 Å². The molecular weight excluding hydrogens is 144 g/mol. The van der Waals surface area contributed by atoms with E-state index in [0.29, 0.717) is 0 Å². The summed E-state index contributed by atoms with van der Waals surface area (Å²) in [4.78, 5) is 0. The first-order chi connectivity index (χ1) is 5.84. The highest BCUT2D eigenvalue weighted by Gasteiger charge is 2.12. The van der Waals surface area contributed by atoms with Crippen LogP contribution in [0.4, 0.5) is 0 Å². The van der Waals surface area contributed by atoms with Crippen LogP contribution in [0.2, 0.25) is 0 Å². The first kappa shape index (κ1) is 9.83. The summed E-state index contributed by atoms with van der Waals surface area (Å²) < 4.78 is 0. The number of hydrogen-bond acceptors (Lipinski definition) is 0. The van der Waals surface area contributed by atoms with Gasteiger partial charge in [0.1, 0.15) is 0 Å². The Morgan fingerprint density at radius 2 is 2.08 bits per heavy atom. The molecule has 1 aliphatic rings. The number of hydrogen-bond donors (Lipinski definition) is 0. The highest BCUT2D eigenvalue weighted by Crippen LogP contribution is 2.25. The molecule has 0 N–H and O–H groups in total. The molecule has 0 heteroatoms. The van der Waals surface area contributed by atoms with Crippen LogP contribution >= 0.6 is 0 Å². The van der Waals surface area contributed by atoms with Crippen LogP contribution in [0.15, 0.2) is 12.2 Å². The SMILES string of the molecule is CCC1CCCCC/C=C\C1C. The fourth-order valence-corrected chi connectivity index (χ4v) is 2.15. The Labute approximate surface area is 77.1 Å². The topological polar surface area (TPSA) is 0 Å². The van der Waals surface area contributed by atoms with Gasteiger partial charge >= 0.3 is 0 Å². The second-order valence-electron chi connectivity index (χ2n) is 4.09. The van der Waals surface area contributed by atoms with E-state index in [2.05, 4.69) is 26.0 Å². The van der Waals surface area contributed by atoms with Gasteiger partial charge in [-0.2, -0.15) is 0 Å². The zero-order valence-electron chi connectivity index (χ0n) is 8.55. The predicted molar refractivity (Wildman–Crippen MR) is 55.2 cm³/mol. The molecule has 0 bridgehead atoms. The molecule has 0 heterocycles. The van der Waals surface area contributed by atoms with Crippen molar-refractivity contribution in [2.75, 3.05) is 0 Å². The van der Waals surface area contributed by atoms with Crippen molar-refractivity contribution in [2.24, 2.45) is 11.8 Å². The molecule has 0 amide bonds. The Bertz CT molecular complexity index is 135. The molecule has 0 saturated carbocycles. The molecule has 0 radical (unpaired) electrons. The zero-order chi connectivity index (χ0) is 8.81. The lowest BCUT2D eigenvalue weighted by Crippen LogP contribution is -2.07. The van der Waals surface area contributed by atoms with Gasteiger partial charge in [-0.25, -0.2) is 0 Å². The van der Waals surface area contributed by atoms with Gasteiger partial charge in [-0.1, -0.05) is 45.3 Å². The molecule has 0 aliphatic heterocycles. The maximum Gasteiger partial charge on any atom is -0.0234 e. The first-order valence-corrected chi connectivity index (χ1v) is 5.51. The minimum Gasteiger partial charge on any atom is -0.0883 e. The zero-order valence-corrected chi connectivity index (χ0v) is 8.55. The Balaban J connectivity index is 2.46. The van der Waals surface area contributed by atoms with E-state index in [1.54, 1.807) is 0 Å². The molecule has 0 spiro atoms. The summed E-state index contributed by atoms with van der Waals surface area (Å²) in [6.45, 7) is 4.70. The van der Waals surface area contributed by atoms with Crippen molar-refractivity contribution in [3.8, 4) is 0 Å².